The third kappa shape index (κ3) is 3.98. The van der Waals surface area contributed by atoms with E-state index in [0.717, 1.165) is 34.8 Å². The fourth-order valence-corrected chi connectivity index (χ4v) is 4.53. The molecule has 5 rings (SSSR count). The molecule has 0 amide bonds. The standard InChI is InChI=1S/C25H20N2OS/c1-2-6-19(7-3-1)17-28-21-13-10-18(11-14-21)16-26-25-27-23-15-12-20-8-4-5-9-22(20)24(23)29-25/h1-11,13-14,16H,12,15,17H2. The van der Waals surface area contributed by atoms with Crippen LogP contribution in [0.25, 0.3) is 10.4 Å². The normalized spacial score (nSPS) is 12.6. The summed E-state index contributed by atoms with van der Waals surface area (Å²) in [7, 11) is 0. The van der Waals surface area contributed by atoms with Gasteiger partial charge in [-0.05, 0) is 59.4 Å². The molecule has 29 heavy (non-hydrogen) atoms. The number of hydrogen-bond acceptors (Lipinski definition) is 4. The van der Waals surface area contributed by atoms with Crippen LogP contribution in [0.5, 0.6) is 5.75 Å². The van der Waals surface area contributed by atoms with Gasteiger partial charge in [-0.1, -0.05) is 65.9 Å². The van der Waals surface area contributed by atoms with Crippen molar-refractivity contribution in [1.29, 1.82) is 0 Å². The predicted molar refractivity (Wildman–Crippen MR) is 119 cm³/mol. The summed E-state index contributed by atoms with van der Waals surface area (Å²) in [6.07, 6.45) is 3.92. The molecule has 4 heteroatoms. The van der Waals surface area contributed by atoms with Crippen molar-refractivity contribution in [3.63, 3.8) is 0 Å². The molecule has 0 saturated carbocycles. The van der Waals surface area contributed by atoms with Crippen LogP contribution in [0.15, 0.2) is 83.9 Å². The molecule has 0 atom stereocenters. The molecule has 4 aromatic rings. The first-order valence-corrected chi connectivity index (χ1v) is 10.6. The van der Waals surface area contributed by atoms with E-state index in [1.54, 1.807) is 11.3 Å². The van der Waals surface area contributed by atoms with Gasteiger partial charge in [0.1, 0.15) is 12.4 Å². The molecule has 0 unspecified atom stereocenters. The van der Waals surface area contributed by atoms with Crippen LogP contribution in [0.1, 0.15) is 22.4 Å². The predicted octanol–water partition coefficient (Wildman–Crippen LogP) is 6.24. The van der Waals surface area contributed by atoms with Gasteiger partial charge in [0.2, 0.25) is 5.13 Å². The fraction of sp³-hybridized carbons (Fsp3) is 0.120. The lowest BCUT2D eigenvalue weighted by Gasteiger charge is -2.13. The van der Waals surface area contributed by atoms with Crippen LogP contribution >= 0.6 is 11.3 Å². The van der Waals surface area contributed by atoms with Crippen LogP contribution in [0.2, 0.25) is 0 Å². The van der Waals surface area contributed by atoms with Crippen molar-refractivity contribution >= 4 is 22.7 Å². The average Bonchev–Trinajstić information content (AvgIpc) is 3.21. The van der Waals surface area contributed by atoms with Gasteiger partial charge in [-0.3, -0.25) is 0 Å². The molecular weight excluding hydrogens is 376 g/mol. The van der Waals surface area contributed by atoms with Gasteiger partial charge in [0, 0.05) is 6.21 Å². The van der Waals surface area contributed by atoms with E-state index in [1.165, 1.54) is 21.7 Å². The van der Waals surface area contributed by atoms with E-state index in [2.05, 4.69) is 41.4 Å². The maximum absolute atomic E-state index is 5.84. The number of rotatable bonds is 5. The highest BCUT2D eigenvalue weighted by atomic mass is 32.1. The number of ether oxygens (including phenoxy) is 1. The van der Waals surface area contributed by atoms with Crippen molar-refractivity contribution in [2.45, 2.75) is 19.4 Å². The third-order valence-electron chi connectivity index (χ3n) is 5.03. The molecule has 1 aliphatic rings. The Labute approximate surface area is 174 Å². The first-order valence-electron chi connectivity index (χ1n) is 9.74. The van der Waals surface area contributed by atoms with Gasteiger partial charge in [0.15, 0.2) is 0 Å². The molecule has 0 spiro atoms. The molecule has 1 aliphatic carbocycles. The van der Waals surface area contributed by atoms with Crippen LogP contribution < -0.4 is 4.74 Å². The van der Waals surface area contributed by atoms with Crippen molar-refractivity contribution in [3.8, 4) is 16.2 Å². The second-order valence-electron chi connectivity index (χ2n) is 7.03. The van der Waals surface area contributed by atoms with Crippen LogP contribution in [0.3, 0.4) is 0 Å². The van der Waals surface area contributed by atoms with E-state index in [0.29, 0.717) is 6.61 Å². The molecule has 3 nitrogen and oxygen atoms in total. The topological polar surface area (TPSA) is 34.5 Å². The number of benzene rings is 3. The van der Waals surface area contributed by atoms with E-state index in [1.807, 2.05) is 48.7 Å². The Morgan fingerprint density at radius 3 is 2.55 bits per heavy atom. The molecule has 3 aromatic carbocycles. The van der Waals surface area contributed by atoms with E-state index in [4.69, 9.17) is 9.72 Å². The Balaban J connectivity index is 1.27. The van der Waals surface area contributed by atoms with Gasteiger partial charge in [-0.2, -0.15) is 0 Å². The van der Waals surface area contributed by atoms with E-state index in [9.17, 15) is 0 Å². The zero-order valence-electron chi connectivity index (χ0n) is 15.9. The molecule has 0 bridgehead atoms. The summed E-state index contributed by atoms with van der Waals surface area (Å²) in [6, 6.07) is 26.8. The Morgan fingerprint density at radius 2 is 1.69 bits per heavy atom. The minimum atomic E-state index is 0.570. The highest BCUT2D eigenvalue weighted by Crippen LogP contribution is 2.40. The molecule has 142 valence electrons. The molecule has 0 N–H and O–H groups in total. The summed E-state index contributed by atoms with van der Waals surface area (Å²) in [5.74, 6) is 0.854. The Hall–Kier alpha value is -3.24. The maximum atomic E-state index is 5.84. The molecule has 0 fully saturated rings. The number of nitrogens with zero attached hydrogens (tertiary/aromatic N) is 2. The van der Waals surface area contributed by atoms with Crippen LogP contribution in [-0.2, 0) is 19.4 Å². The average molecular weight is 397 g/mol. The molecule has 0 saturated heterocycles. The lowest BCUT2D eigenvalue weighted by molar-refractivity contribution is 0.306. The van der Waals surface area contributed by atoms with Gasteiger partial charge in [-0.25, -0.2) is 9.98 Å². The number of aromatic nitrogens is 1. The smallest absolute Gasteiger partial charge is 0.209 e. The summed E-state index contributed by atoms with van der Waals surface area (Å²) in [4.78, 5) is 10.6. The van der Waals surface area contributed by atoms with Crippen LogP contribution in [0.4, 0.5) is 5.13 Å². The van der Waals surface area contributed by atoms with Crippen molar-refractivity contribution in [3.05, 3.63) is 101 Å². The van der Waals surface area contributed by atoms with Gasteiger partial charge in [0.05, 0.1) is 10.6 Å². The molecular formula is C25H20N2OS. The third-order valence-corrected chi connectivity index (χ3v) is 6.07. The minimum Gasteiger partial charge on any atom is -0.489 e. The Kier molecular flexibility index (Phi) is 4.93. The zero-order valence-corrected chi connectivity index (χ0v) is 16.7. The molecule has 0 radical (unpaired) electrons. The summed E-state index contributed by atoms with van der Waals surface area (Å²) in [6.45, 7) is 0.570. The number of hydrogen-bond donors (Lipinski definition) is 0. The highest BCUT2D eigenvalue weighted by Gasteiger charge is 2.19. The lowest BCUT2D eigenvalue weighted by Crippen LogP contribution is -2.01. The van der Waals surface area contributed by atoms with Crippen LogP contribution in [0, 0.1) is 0 Å². The van der Waals surface area contributed by atoms with Gasteiger partial charge >= 0.3 is 0 Å². The van der Waals surface area contributed by atoms with E-state index in [-0.39, 0.29) is 0 Å². The molecule has 1 heterocycles. The van der Waals surface area contributed by atoms with Crippen molar-refractivity contribution in [2.24, 2.45) is 4.99 Å². The number of thiazole rings is 1. The second kappa shape index (κ2) is 8.02. The monoisotopic (exact) mass is 396 g/mol. The second-order valence-corrected chi connectivity index (χ2v) is 8.01. The van der Waals surface area contributed by atoms with Crippen molar-refractivity contribution in [2.75, 3.05) is 0 Å². The first-order chi connectivity index (χ1) is 14.3. The number of fused-ring (bicyclic) bond motifs is 3. The lowest BCUT2D eigenvalue weighted by atomic mass is 9.94. The Morgan fingerprint density at radius 1 is 0.897 bits per heavy atom. The quantitative estimate of drug-likeness (QED) is 0.374. The van der Waals surface area contributed by atoms with Gasteiger partial charge < -0.3 is 4.74 Å². The highest BCUT2D eigenvalue weighted by molar-refractivity contribution is 7.18. The fourth-order valence-electron chi connectivity index (χ4n) is 3.51. The largest absolute Gasteiger partial charge is 0.489 e. The summed E-state index contributed by atoms with van der Waals surface area (Å²) in [5, 5.41) is 0.816. The summed E-state index contributed by atoms with van der Waals surface area (Å²) >= 11 is 1.67. The SMILES string of the molecule is C(=Nc1nc2c(s1)-c1ccccc1CC2)c1ccc(OCc2ccccc2)cc1. The summed E-state index contributed by atoms with van der Waals surface area (Å²) < 4.78 is 5.84. The first kappa shape index (κ1) is 17.8. The number of aliphatic imine (C=N–C) groups is 1. The zero-order chi connectivity index (χ0) is 19.5. The molecule has 0 aliphatic heterocycles. The van der Waals surface area contributed by atoms with Gasteiger partial charge in [-0.15, -0.1) is 0 Å². The molecule has 1 aromatic heterocycles. The summed E-state index contributed by atoms with van der Waals surface area (Å²) in [5.41, 5.74) is 6.08. The van der Waals surface area contributed by atoms with Crippen molar-refractivity contribution in [1.82, 2.24) is 4.98 Å². The number of aryl methyl sites for hydroxylation is 2. The Bertz CT molecular complexity index is 1150. The van der Waals surface area contributed by atoms with Crippen molar-refractivity contribution < 1.29 is 4.74 Å². The minimum absolute atomic E-state index is 0.570. The maximum Gasteiger partial charge on any atom is 0.209 e. The van der Waals surface area contributed by atoms with Crippen LogP contribution in [-0.4, -0.2) is 11.2 Å². The van der Waals surface area contributed by atoms with Gasteiger partial charge in [0.25, 0.3) is 0 Å². The van der Waals surface area contributed by atoms with E-state index < -0.39 is 0 Å². The van der Waals surface area contributed by atoms with E-state index >= 15 is 0 Å².